The lowest BCUT2D eigenvalue weighted by molar-refractivity contribution is -0.147. The number of hydrogen-bond donors (Lipinski definition) is 2. The van der Waals surface area contributed by atoms with Crippen LogP contribution in [0.15, 0.2) is 71.4 Å². The lowest BCUT2D eigenvalue weighted by Crippen LogP contribution is -2.25. The van der Waals surface area contributed by atoms with Gasteiger partial charge in [0, 0.05) is 35.2 Å². The van der Waals surface area contributed by atoms with Crippen LogP contribution in [-0.2, 0) is 14.3 Å². The predicted molar refractivity (Wildman–Crippen MR) is 117 cm³/mol. The summed E-state index contributed by atoms with van der Waals surface area (Å²) in [4.78, 5) is 35.9. The van der Waals surface area contributed by atoms with Gasteiger partial charge in [-0.15, -0.1) is 0 Å². The van der Waals surface area contributed by atoms with E-state index in [1.807, 2.05) is 53.9 Å². The third kappa shape index (κ3) is 6.28. The second kappa shape index (κ2) is 10.9. The molecule has 154 valence electrons. The van der Waals surface area contributed by atoms with Crippen molar-refractivity contribution in [3.05, 3.63) is 77.0 Å². The lowest BCUT2D eigenvalue weighted by Gasteiger charge is -2.11. The largest absolute Gasteiger partial charge is 0.456 e. The minimum atomic E-state index is -0.480. The third-order valence-electron chi connectivity index (χ3n) is 4.28. The molecule has 0 aliphatic heterocycles. The van der Waals surface area contributed by atoms with Crippen molar-refractivity contribution in [2.75, 3.05) is 18.5 Å². The van der Waals surface area contributed by atoms with Crippen LogP contribution in [0.2, 0.25) is 0 Å². The highest BCUT2D eigenvalue weighted by Crippen LogP contribution is 2.27. The number of hydrogen-bond acceptors (Lipinski definition) is 5. The van der Waals surface area contributed by atoms with Crippen LogP contribution >= 0.6 is 11.3 Å². The van der Waals surface area contributed by atoms with Gasteiger partial charge < -0.3 is 15.4 Å². The Bertz CT molecular complexity index is 987. The fourth-order valence-electron chi connectivity index (χ4n) is 2.80. The van der Waals surface area contributed by atoms with Gasteiger partial charge in [0.25, 0.3) is 11.8 Å². The van der Waals surface area contributed by atoms with Gasteiger partial charge in [-0.05, 0) is 29.5 Å². The van der Waals surface area contributed by atoms with Crippen LogP contribution in [0.25, 0.3) is 11.1 Å². The molecule has 0 saturated heterocycles. The Kier molecular flexibility index (Phi) is 7.74. The average Bonchev–Trinajstić information content (AvgIpc) is 3.31. The van der Waals surface area contributed by atoms with Crippen molar-refractivity contribution >= 4 is 34.8 Å². The highest BCUT2D eigenvalue weighted by atomic mass is 32.1. The van der Waals surface area contributed by atoms with Crippen LogP contribution < -0.4 is 10.6 Å². The van der Waals surface area contributed by atoms with E-state index in [1.165, 1.54) is 11.3 Å². The highest BCUT2D eigenvalue weighted by molar-refractivity contribution is 7.08. The predicted octanol–water partition coefficient (Wildman–Crippen LogP) is 4.11. The molecule has 7 heteroatoms. The molecule has 6 nitrogen and oxygen atoms in total. The molecule has 1 heterocycles. The minimum absolute atomic E-state index is 0.123. The second-order valence-corrected chi connectivity index (χ2v) is 7.27. The lowest BCUT2D eigenvalue weighted by atomic mass is 10.0. The summed E-state index contributed by atoms with van der Waals surface area (Å²) in [6.07, 6.45) is 0.560. The maximum absolute atomic E-state index is 12.2. The quantitative estimate of drug-likeness (QED) is 0.402. The van der Waals surface area contributed by atoms with Crippen molar-refractivity contribution in [1.29, 1.82) is 0 Å². The van der Waals surface area contributed by atoms with Crippen molar-refractivity contribution in [3.8, 4) is 11.1 Å². The summed E-state index contributed by atoms with van der Waals surface area (Å²) in [6.45, 7) is 0.00362. The van der Waals surface area contributed by atoms with Crippen LogP contribution in [0, 0.1) is 0 Å². The molecule has 0 aliphatic carbocycles. The first-order valence-electron chi connectivity index (χ1n) is 9.54. The Morgan fingerprint density at radius 1 is 0.933 bits per heavy atom. The first-order chi connectivity index (χ1) is 14.6. The van der Waals surface area contributed by atoms with Crippen LogP contribution in [0.3, 0.4) is 0 Å². The molecule has 0 radical (unpaired) electrons. The molecular weight excluding hydrogens is 400 g/mol. The van der Waals surface area contributed by atoms with Crippen molar-refractivity contribution in [2.45, 2.75) is 12.8 Å². The monoisotopic (exact) mass is 422 g/mol. The normalized spacial score (nSPS) is 10.3. The number of nitrogens with one attached hydrogen (secondary N) is 2. The SMILES string of the molecule is O=C(COC(=O)CCCNC(=O)c1ccsc1)Nc1ccccc1-c1ccccc1. The van der Waals surface area contributed by atoms with Gasteiger partial charge >= 0.3 is 5.97 Å². The fourth-order valence-corrected chi connectivity index (χ4v) is 3.43. The molecule has 0 saturated carbocycles. The number of benzene rings is 2. The number of carbonyl (C=O) groups is 3. The summed E-state index contributed by atoms with van der Waals surface area (Å²) in [5.74, 6) is -1.05. The molecule has 2 aromatic carbocycles. The molecule has 1 aromatic heterocycles. The van der Waals surface area contributed by atoms with E-state index in [-0.39, 0.29) is 18.9 Å². The van der Waals surface area contributed by atoms with Gasteiger partial charge in [0.15, 0.2) is 6.61 Å². The number of carbonyl (C=O) groups excluding carboxylic acids is 3. The number of para-hydroxylation sites is 1. The van der Waals surface area contributed by atoms with Gasteiger partial charge in [0.05, 0.1) is 0 Å². The van der Waals surface area contributed by atoms with E-state index in [4.69, 9.17) is 4.74 Å². The van der Waals surface area contributed by atoms with Crippen LogP contribution in [-0.4, -0.2) is 30.9 Å². The van der Waals surface area contributed by atoms with E-state index in [0.717, 1.165) is 11.1 Å². The molecule has 2 N–H and O–H groups in total. The molecule has 3 aromatic rings. The van der Waals surface area contributed by atoms with E-state index in [0.29, 0.717) is 24.2 Å². The maximum Gasteiger partial charge on any atom is 0.306 e. The first-order valence-corrected chi connectivity index (χ1v) is 10.5. The minimum Gasteiger partial charge on any atom is -0.456 e. The van der Waals surface area contributed by atoms with Crippen LogP contribution in [0.1, 0.15) is 23.2 Å². The first kappa shape index (κ1) is 21.3. The van der Waals surface area contributed by atoms with Gasteiger partial charge in [-0.2, -0.15) is 11.3 Å². The van der Waals surface area contributed by atoms with Crippen molar-refractivity contribution in [1.82, 2.24) is 5.32 Å². The van der Waals surface area contributed by atoms with Gasteiger partial charge in [-0.25, -0.2) is 0 Å². The Balaban J connectivity index is 1.40. The number of esters is 1. The standard InChI is InChI=1S/C23H22N2O4S/c26-21(25-20-10-5-4-9-19(20)17-7-2-1-3-8-17)15-29-22(27)11-6-13-24-23(28)18-12-14-30-16-18/h1-5,7-10,12,14,16H,6,11,13,15H2,(H,24,28)(H,25,26). The zero-order chi connectivity index (χ0) is 21.2. The van der Waals surface area contributed by atoms with Crippen molar-refractivity contribution < 1.29 is 19.1 Å². The summed E-state index contributed by atoms with van der Waals surface area (Å²) in [5, 5.41) is 9.12. The topological polar surface area (TPSA) is 84.5 Å². The van der Waals surface area contributed by atoms with Crippen LogP contribution in [0.5, 0.6) is 0 Å². The van der Waals surface area contributed by atoms with Gasteiger partial charge in [-0.3, -0.25) is 14.4 Å². The van der Waals surface area contributed by atoms with Gasteiger partial charge in [0.2, 0.25) is 0 Å². The van der Waals surface area contributed by atoms with Gasteiger partial charge in [0.1, 0.15) is 0 Å². The summed E-state index contributed by atoms with van der Waals surface area (Å²) in [5.41, 5.74) is 3.13. The highest BCUT2D eigenvalue weighted by Gasteiger charge is 2.11. The third-order valence-corrected chi connectivity index (χ3v) is 4.96. The van der Waals surface area contributed by atoms with Crippen molar-refractivity contribution in [3.63, 3.8) is 0 Å². The van der Waals surface area contributed by atoms with E-state index >= 15 is 0 Å². The van der Waals surface area contributed by atoms with E-state index in [1.54, 1.807) is 17.5 Å². The molecule has 3 rings (SSSR count). The molecule has 0 aliphatic rings. The number of ether oxygens (including phenoxy) is 1. The molecule has 0 unspecified atom stereocenters. The average molecular weight is 423 g/mol. The summed E-state index contributed by atoms with van der Waals surface area (Å²) in [6, 6.07) is 18.9. The molecule has 0 spiro atoms. The smallest absolute Gasteiger partial charge is 0.306 e. The molecule has 0 atom stereocenters. The summed E-state index contributed by atoms with van der Waals surface area (Å²) in [7, 11) is 0. The summed E-state index contributed by atoms with van der Waals surface area (Å²) < 4.78 is 5.04. The van der Waals surface area contributed by atoms with Crippen molar-refractivity contribution in [2.24, 2.45) is 0 Å². The van der Waals surface area contributed by atoms with Gasteiger partial charge in [-0.1, -0.05) is 48.5 Å². The van der Waals surface area contributed by atoms with E-state index in [9.17, 15) is 14.4 Å². The molecule has 2 amide bonds. The van der Waals surface area contributed by atoms with Crippen LogP contribution in [0.4, 0.5) is 5.69 Å². The second-order valence-electron chi connectivity index (χ2n) is 6.49. The number of thiophene rings is 1. The number of rotatable bonds is 9. The van der Waals surface area contributed by atoms with E-state index < -0.39 is 11.9 Å². The Labute approximate surface area is 178 Å². The number of amides is 2. The zero-order valence-corrected chi connectivity index (χ0v) is 17.1. The fraction of sp³-hybridized carbons (Fsp3) is 0.174. The zero-order valence-electron chi connectivity index (χ0n) is 16.3. The van der Waals surface area contributed by atoms with E-state index in [2.05, 4.69) is 10.6 Å². The maximum atomic E-state index is 12.2. The Morgan fingerprint density at radius 2 is 1.70 bits per heavy atom. The number of anilines is 1. The molecule has 0 fully saturated rings. The molecule has 30 heavy (non-hydrogen) atoms. The summed E-state index contributed by atoms with van der Waals surface area (Å²) >= 11 is 1.45. The Hall–Kier alpha value is -3.45. The molecular formula is C23H22N2O4S. The molecule has 0 bridgehead atoms. The Morgan fingerprint density at radius 3 is 2.47 bits per heavy atom.